The normalized spacial score (nSPS) is 11.8. The van der Waals surface area contributed by atoms with E-state index >= 15 is 0 Å². The molecule has 3 amide bonds. The van der Waals surface area contributed by atoms with E-state index in [4.69, 9.17) is 23.2 Å². The summed E-state index contributed by atoms with van der Waals surface area (Å²) in [5.74, 6) is -1.23. The average molecular weight is 632 g/mol. The van der Waals surface area contributed by atoms with E-state index in [1.165, 1.54) is 31.3 Å². The van der Waals surface area contributed by atoms with Crippen molar-refractivity contribution in [2.45, 2.75) is 25.7 Å². The van der Waals surface area contributed by atoms with E-state index in [0.29, 0.717) is 0 Å². The summed E-state index contributed by atoms with van der Waals surface area (Å²) in [6, 6.07) is 13.8. The number of sulfonamides is 1. The highest BCUT2D eigenvalue weighted by atomic mass is 35.5. The van der Waals surface area contributed by atoms with Crippen LogP contribution in [0.15, 0.2) is 66.9 Å². The first-order valence-corrected chi connectivity index (χ1v) is 14.5. The number of nitrogens with one attached hydrogen (secondary N) is 2. The van der Waals surface area contributed by atoms with Gasteiger partial charge in [-0.2, -0.15) is 13.2 Å². The zero-order chi connectivity index (χ0) is 30.2. The van der Waals surface area contributed by atoms with E-state index in [2.05, 4.69) is 15.6 Å². The molecule has 3 aromatic rings. The van der Waals surface area contributed by atoms with Gasteiger partial charge in [0.1, 0.15) is 5.69 Å². The Morgan fingerprint density at radius 3 is 2.29 bits per heavy atom. The molecule has 1 aromatic heterocycles. The van der Waals surface area contributed by atoms with Crippen molar-refractivity contribution in [2.75, 3.05) is 19.3 Å². The monoisotopic (exact) mass is 631 g/mol. The van der Waals surface area contributed by atoms with Crippen molar-refractivity contribution in [1.82, 2.24) is 25.0 Å². The van der Waals surface area contributed by atoms with Crippen LogP contribution in [-0.4, -0.2) is 54.1 Å². The van der Waals surface area contributed by atoms with Crippen molar-refractivity contribution >= 4 is 45.2 Å². The molecule has 0 spiro atoms. The lowest BCUT2D eigenvalue weighted by Crippen LogP contribution is -2.50. The maximum Gasteiger partial charge on any atom is 0.433 e. The fourth-order valence-corrected chi connectivity index (χ4v) is 5.51. The van der Waals surface area contributed by atoms with Crippen LogP contribution in [0.3, 0.4) is 0 Å². The topological polar surface area (TPSA) is 112 Å². The fraction of sp³-hybridized carbons (Fsp3) is 0.269. The Bertz CT molecular complexity index is 1460. The van der Waals surface area contributed by atoms with E-state index in [-0.39, 0.29) is 39.7 Å². The first-order valence-electron chi connectivity index (χ1n) is 12.1. The number of carbonyl (C=O) groups is 2. The molecule has 9 nitrogen and oxygen atoms in total. The van der Waals surface area contributed by atoms with Gasteiger partial charge in [0, 0.05) is 25.4 Å². The zero-order valence-corrected chi connectivity index (χ0v) is 24.0. The molecule has 0 saturated heterocycles. The van der Waals surface area contributed by atoms with Crippen molar-refractivity contribution in [2.24, 2.45) is 0 Å². The van der Waals surface area contributed by atoms with Crippen LogP contribution in [0.1, 0.15) is 33.6 Å². The summed E-state index contributed by atoms with van der Waals surface area (Å²) < 4.78 is 67.6. The molecule has 0 radical (unpaired) electrons. The summed E-state index contributed by atoms with van der Waals surface area (Å²) in [7, 11) is -2.89. The molecular weight excluding hydrogens is 606 g/mol. The van der Waals surface area contributed by atoms with Crippen LogP contribution < -0.4 is 10.6 Å². The van der Waals surface area contributed by atoms with E-state index < -0.39 is 52.7 Å². The predicted octanol–water partition coefficient (Wildman–Crippen LogP) is 5.12. The summed E-state index contributed by atoms with van der Waals surface area (Å²) in [5.41, 5.74) is -0.587. The van der Waals surface area contributed by atoms with Crippen molar-refractivity contribution in [3.63, 3.8) is 0 Å². The highest BCUT2D eigenvalue weighted by Crippen LogP contribution is 2.30. The van der Waals surface area contributed by atoms with Gasteiger partial charge in [-0.25, -0.2) is 13.2 Å². The molecular formula is C26H26Cl2F3N5O4S. The Hall–Kier alpha value is -3.39. The van der Waals surface area contributed by atoms with Gasteiger partial charge in [-0.05, 0) is 41.8 Å². The molecule has 220 valence electrons. The van der Waals surface area contributed by atoms with Crippen molar-refractivity contribution in [1.29, 1.82) is 0 Å². The number of hydrogen-bond acceptors (Lipinski definition) is 5. The Balaban J connectivity index is 2.06. The zero-order valence-electron chi connectivity index (χ0n) is 21.7. The SMILES string of the molecule is CNC(=O)NCCCS(=O)(=O)N(Cc1cccc(Cl)c1Cl)N(Cc1ccc(C(F)(F)F)nc1)C(=O)c1ccccc1. The summed E-state index contributed by atoms with van der Waals surface area (Å²) in [4.78, 5) is 28.7. The second kappa shape index (κ2) is 14.0. The number of hydrazine groups is 1. The molecule has 3 rings (SSSR count). The second-order valence-electron chi connectivity index (χ2n) is 8.65. The number of hydrogen-bond donors (Lipinski definition) is 2. The van der Waals surface area contributed by atoms with Gasteiger partial charge >= 0.3 is 12.2 Å². The first kappa shape index (κ1) is 32.1. The van der Waals surface area contributed by atoms with Gasteiger partial charge in [0.25, 0.3) is 5.91 Å². The summed E-state index contributed by atoms with van der Waals surface area (Å²) in [5, 5.41) is 5.99. The van der Waals surface area contributed by atoms with Gasteiger partial charge in [0.2, 0.25) is 10.0 Å². The second-order valence-corrected chi connectivity index (χ2v) is 11.4. The summed E-state index contributed by atoms with van der Waals surface area (Å²) in [6.45, 7) is -0.843. The highest BCUT2D eigenvalue weighted by molar-refractivity contribution is 7.89. The van der Waals surface area contributed by atoms with Crippen LogP contribution >= 0.6 is 23.2 Å². The molecule has 0 aliphatic carbocycles. The summed E-state index contributed by atoms with van der Waals surface area (Å²) in [6.07, 6.45) is -3.76. The minimum Gasteiger partial charge on any atom is -0.341 e. The Labute approximate surface area is 245 Å². The Morgan fingerprint density at radius 1 is 0.976 bits per heavy atom. The molecule has 0 aliphatic heterocycles. The Morgan fingerprint density at radius 2 is 1.68 bits per heavy atom. The third kappa shape index (κ3) is 8.80. The lowest BCUT2D eigenvalue weighted by molar-refractivity contribution is -0.141. The lowest BCUT2D eigenvalue weighted by atomic mass is 10.2. The predicted molar refractivity (Wildman–Crippen MR) is 148 cm³/mol. The minimum atomic E-state index is -4.68. The molecule has 0 aliphatic rings. The highest BCUT2D eigenvalue weighted by Gasteiger charge is 2.35. The number of halogens is 5. The van der Waals surface area contributed by atoms with Gasteiger partial charge in [0.05, 0.1) is 28.9 Å². The average Bonchev–Trinajstić information content (AvgIpc) is 2.94. The number of aromatic nitrogens is 1. The van der Waals surface area contributed by atoms with Crippen LogP contribution in [-0.2, 0) is 29.3 Å². The molecule has 1 heterocycles. The van der Waals surface area contributed by atoms with Crippen LogP contribution in [0.5, 0.6) is 0 Å². The molecule has 0 bridgehead atoms. The molecule has 15 heteroatoms. The van der Waals surface area contributed by atoms with Crippen LogP contribution in [0.4, 0.5) is 18.0 Å². The number of alkyl halides is 3. The van der Waals surface area contributed by atoms with E-state index in [9.17, 15) is 31.2 Å². The van der Waals surface area contributed by atoms with Gasteiger partial charge in [-0.3, -0.25) is 14.8 Å². The number of benzene rings is 2. The molecule has 0 fully saturated rings. The number of nitrogens with zero attached hydrogens (tertiary/aromatic N) is 3. The number of carbonyl (C=O) groups excluding carboxylic acids is 2. The first-order chi connectivity index (χ1) is 19.3. The van der Waals surface area contributed by atoms with Gasteiger partial charge < -0.3 is 10.6 Å². The molecule has 2 N–H and O–H groups in total. The standard InChI is InChI=1S/C26H26Cl2F3N5O4S/c1-32-25(38)33-13-6-14-41(39,40)36(17-20-9-5-10-21(27)23(20)28)35(24(37)19-7-3-2-4-8-19)16-18-11-12-22(34-15-18)26(29,30)31/h2-5,7-12,15H,6,13-14,16-17H2,1H3,(H2,32,33,38). The van der Waals surface area contributed by atoms with Crippen molar-refractivity contribution < 1.29 is 31.2 Å². The number of pyridine rings is 1. The van der Waals surface area contributed by atoms with E-state index in [1.54, 1.807) is 24.3 Å². The fourth-order valence-electron chi connectivity index (χ4n) is 3.64. The third-order valence-corrected chi connectivity index (χ3v) is 8.35. The molecule has 2 aromatic carbocycles. The van der Waals surface area contributed by atoms with Crippen LogP contribution in [0, 0.1) is 0 Å². The van der Waals surface area contributed by atoms with Crippen molar-refractivity contribution in [3.05, 3.63) is 99.3 Å². The molecule has 41 heavy (non-hydrogen) atoms. The smallest absolute Gasteiger partial charge is 0.341 e. The lowest BCUT2D eigenvalue weighted by Gasteiger charge is -2.34. The number of urea groups is 1. The van der Waals surface area contributed by atoms with Crippen molar-refractivity contribution in [3.8, 4) is 0 Å². The quantitative estimate of drug-likeness (QED) is 0.225. The number of amides is 3. The summed E-state index contributed by atoms with van der Waals surface area (Å²) >= 11 is 12.5. The van der Waals surface area contributed by atoms with Gasteiger partial charge in [-0.1, -0.05) is 59.6 Å². The van der Waals surface area contributed by atoms with Crippen LogP contribution in [0.2, 0.25) is 10.0 Å². The Kier molecular flexibility index (Phi) is 11.0. The van der Waals surface area contributed by atoms with Gasteiger partial charge in [-0.15, -0.1) is 4.41 Å². The largest absolute Gasteiger partial charge is 0.433 e. The van der Waals surface area contributed by atoms with E-state index in [0.717, 1.165) is 27.8 Å². The number of rotatable bonds is 11. The molecule has 0 unspecified atom stereocenters. The molecule has 0 saturated carbocycles. The minimum absolute atomic E-state index is 0.00919. The van der Waals surface area contributed by atoms with Gasteiger partial charge in [0.15, 0.2) is 0 Å². The maximum atomic E-state index is 13.8. The van der Waals surface area contributed by atoms with Crippen LogP contribution in [0.25, 0.3) is 0 Å². The molecule has 0 atom stereocenters. The van der Waals surface area contributed by atoms with E-state index in [1.807, 2.05) is 0 Å². The third-order valence-electron chi connectivity index (χ3n) is 5.72. The maximum absolute atomic E-state index is 13.8.